The Kier molecular flexibility index (Phi) is 5.74. The summed E-state index contributed by atoms with van der Waals surface area (Å²) in [6.07, 6.45) is 0. The third-order valence-electron chi connectivity index (χ3n) is 4.64. The Hall–Kier alpha value is -2.89. The molecule has 5 nitrogen and oxygen atoms in total. The molecule has 0 spiro atoms. The third-order valence-corrected chi connectivity index (χ3v) is 4.64. The number of carbonyl (C=O) groups excluding carboxylic acids is 2. The van der Waals surface area contributed by atoms with E-state index in [1.54, 1.807) is 12.1 Å². The zero-order chi connectivity index (χ0) is 19.4. The Labute approximate surface area is 158 Å². The predicted octanol–water partition coefficient (Wildman–Crippen LogP) is 3.43. The van der Waals surface area contributed by atoms with E-state index in [0.29, 0.717) is 19.0 Å². The summed E-state index contributed by atoms with van der Waals surface area (Å²) in [4.78, 5) is 25.9. The number of anilines is 1. The van der Waals surface area contributed by atoms with Gasteiger partial charge in [-0.2, -0.15) is 0 Å². The summed E-state index contributed by atoms with van der Waals surface area (Å²) < 4.78 is 18.7. The summed E-state index contributed by atoms with van der Waals surface area (Å²) in [6.45, 7) is 4.67. The molecule has 1 aliphatic rings. The van der Waals surface area contributed by atoms with E-state index >= 15 is 0 Å². The van der Waals surface area contributed by atoms with Gasteiger partial charge in [-0.3, -0.25) is 9.59 Å². The van der Waals surface area contributed by atoms with Crippen molar-refractivity contribution in [3.8, 4) is 5.75 Å². The van der Waals surface area contributed by atoms with E-state index in [0.717, 1.165) is 5.69 Å². The van der Waals surface area contributed by atoms with Crippen LogP contribution in [0.2, 0.25) is 0 Å². The number of benzene rings is 2. The first kappa shape index (κ1) is 18.9. The van der Waals surface area contributed by atoms with Crippen molar-refractivity contribution >= 4 is 17.5 Å². The van der Waals surface area contributed by atoms with Crippen molar-refractivity contribution < 1.29 is 18.7 Å². The van der Waals surface area contributed by atoms with Crippen LogP contribution < -0.4 is 10.1 Å². The zero-order valence-electron chi connectivity index (χ0n) is 15.4. The molecule has 2 aromatic rings. The number of carbonyl (C=O) groups is 2. The van der Waals surface area contributed by atoms with Gasteiger partial charge in [-0.05, 0) is 35.7 Å². The van der Waals surface area contributed by atoms with Gasteiger partial charge in [0.1, 0.15) is 0 Å². The van der Waals surface area contributed by atoms with Gasteiger partial charge < -0.3 is 15.0 Å². The van der Waals surface area contributed by atoms with Gasteiger partial charge in [-0.15, -0.1) is 0 Å². The van der Waals surface area contributed by atoms with Crippen molar-refractivity contribution in [3.63, 3.8) is 0 Å². The summed E-state index contributed by atoms with van der Waals surface area (Å²) in [6, 6.07) is 13.7. The molecule has 1 saturated heterocycles. The highest BCUT2D eigenvalue weighted by atomic mass is 19.1. The van der Waals surface area contributed by atoms with Gasteiger partial charge in [0, 0.05) is 18.8 Å². The van der Waals surface area contributed by atoms with Gasteiger partial charge in [0.25, 0.3) is 5.91 Å². The number of rotatable bonds is 6. The molecular weight excluding hydrogens is 347 g/mol. The van der Waals surface area contributed by atoms with Crippen molar-refractivity contribution in [1.29, 1.82) is 0 Å². The smallest absolute Gasteiger partial charge is 0.260 e. The van der Waals surface area contributed by atoms with E-state index in [1.165, 1.54) is 22.6 Å². The second kappa shape index (κ2) is 8.20. The second-order valence-corrected chi connectivity index (χ2v) is 6.98. The van der Waals surface area contributed by atoms with Crippen LogP contribution in [0.3, 0.4) is 0 Å². The molecule has 1 heterocycles. The van der Waals surface area contributed by atoms with Crippen molar-refractivity contribution in [3.05, 3.63) is 59.9 Å². The topological polar surface area (TPSA) is 58.6 Å². The molecule has 0 atom stereocenters. The van der Waals surface area contributed by atoms with E-state index in [1.807, 2.05) is 24.3 Å². The molecule has 0 unspecified atom stereocenters. The number of amides is 2. The van der Waals surface area contributed by atoms with Crippen LogP contribution in [0.5, 0.6) is 5.75 Å². The summed E-state index contributed by atoms with van der Waals surface area (Å²) in [7, 11) is 0. The van der Waals surface area contributed by atoms with E-state index < -0.39 is 5.82 Å². The van der Waals surface area contributed by atoms with E-state index in [9.17, 15) is 14.0 Å². The molecule has 3 rings (SSSR count). The molecule has 27 heavy (non-hydrogen) atoms. The first-order chi connectivity index (χ1) is 12.9. The standard InChI is InChI=1S/C21H23FN2O3/c1-14(2)15-7-9-17(10-8-15)23-21(26)16-11-24(12-16)20(25)13-27-19-6-4-3-5-18(19)22/h3-10,14,16H,11-13H2,1-2H3,(H,23,26). The Morgan fingerprint density at radius 3 is 2.44 bits per heavy atom. The average molecular weight is 370 g/mol. The van der Waals surface area contributed by atoms with E-state index in [-0.39, 0.29) is 30.1 Å². The van der Waals surface area contributed by atoms with Gasteiger partial charge in [0.15, 0.2) is 18.2 Å². The molecular formula is C21H23FN2O3. The molecule has 1 fully saturated rings. The van der Waals surface area contributed by atoms with Crippen molar-refractivity contribution in [2.75, 3.05) is 25.0 Å². The maximum absolute atomic E-state index is 13.5. The fourth-order valence-electron chi connectivity index (χ4n) is 2.84. The highest BCUT2D eigenvalue weighted by molar-refractivity contribution is 5.94. The Balaban J connectivity index is 1.43. The fraction of sp³-hybridized carbons (Fsp3) is 0.333. The summed E-state index contributed by atoms with van der Waals surface area (Å²) in [5.41, 5.74) is 1.96. The predicted molar refractivity (Wildman–Crippen MR) is 101 cm³/mol. The number of ether oxygens (including phenoxy) is 1. The largest absolute Gasteiger partial charge is 0.481 e. The molecule has 0 saturated carbocycles. The van der Waals surface area contributed by atoms with E-state index in [4.69, 9.17) is 4.74 Å². The molecule has 1 N–H and O–H groups in total. The monoisotopic (exact) mass is 370 g/mol. The maximum atomic E-state index is 13.5. The zero-order valence-corrected chi connectivity index (χ0v) is 15.4. The third kappa shape index (κ3) is 4.64. The lowest BCUT2D eigenvalue weighted by atomic mass is 9.98. The lowest BCUT2D eigenvalue weighted by Gasteiger charge is -2.38. The molecule has 142 valence electrons. The molecule has 0 bridgehead atoms. The first-order valence-corrected chi connectivity index (χ1v) is 9.00. The van der Waals surface area contributed by atoms with Gasteiger partial charge in [-0.1, -0.05) is 38.1 Å². The molecule has 0 aliphatic carbocycles. The lowest BCUT2D eigenvalue weighted by molar-refractivity contribution is -0.143. The molecule has 6 heteroatoms. The molecule has 0 radical (unpaired) electrons. The lowest BCUT2D eigenvalue weighted by Crippen LogP contribution is -2.55. The highest BCUT2D eigenvalue weighted by Crippen LogP contribution is 2.21. The number of hydrogen-bond donors (Lipinski definition) is 1. The minimum absolute atomic E-state index is 0.0468. The molecule has 0 aromatic heterocycles. The Morgan fingerprint density at radius 2 is 1.81 bits per heavy atom. The summed E-state index contributed by atoms with van der Waals surface area (Å²) >= 11 is 0. The minimum Gasteiger partial charge on any atom is -0.481 e. The quantitative estimate of drug-likeness (QED) is 0.848. The van der Waals surface area contributed by atoms with Crippen LogP contribution in [0.1, 0.15) is 25.3 Å². The van der Waals surface area contributed by atoms with Crippen molar-refractivity contribution in [1.82, 2.24) is 4.90 Å². The van der Waals surface area contributed by atoms with Crippen LogP contribution in [-0.2, 0) is 9.59 Å². The van der Waals surface area contributed by atoms with Crippen LogP contribution in [0.25, 0.3) is 0 Å². The maximum Gasteiger partial charge on any atom is 0.260 e. The van der Waals surface area contributed by atoms with Gasteiger partial charge in [-0.25, -0.2) is 4.39 Å². The van der Waals surface area contributed by atoms with Crippen molar-refractivity contribution in [2.45, 2.75) is 19.8 Å². The number of nitrogens with one attached hydrogen (secondary N) is 1. The first-order valence-electron chi connectivity index (χ1n) is 9.00. The van der Waals surface area contributed by atoms with Gasteiger partial charge in [0.05, 0.1) is 5.92 Å². The van der Waals surface area contributed by atoms with Gasteiger partial charge in [0.2, 0.25) is 5.91 Å². The molecule has 2 aromatic carbocycles. The van der Waals surface area contributed by atoms with Crippen LogP contribution in [0.15, 0.2) is 48.5 Å². The Bertz CT molecular complexity index is 814. The number of halogens is 1. The molecule has 2 amide bonds. The average Bonchev–Trinajstić information content (AvgIpc) is 2.60. The number of likely N-dealkylation sites (tertiary alicyclic amines) is 1. The number of para-hydroxylation sites is 1. The minimum atomic E-state index is -0.505. The van der Waals surface area contributed by atoms with Crippen LogP contribution >= 0.6 is 0 Å². The number of hydrogen-bond acceptors (Lipinski definition) is 3. The number of nitrogens with zero attached hydrogens (tertiary/aromatic N) is 1. The second-order valence-electron chi connectivity index (χ2n) is 6.98. The van der Waals surface area contributed by atoms with Crippen LogP contribution in [0.4, 0.5) is 10.1 Å². The summed E-state index contributed by atoms with van der Waals surface area (Å²) in [5, 5.41) is 2.88. The molecule has 1 aliphatic heterocycles. The van der Waals surface area contributed by atoms with Gasteiger partial charge >= 0.3 is 0 Å². The van der Waals surface area contributed by atoms with E-state index in [2.05, 4.69) is 19.2 Å². The Morgan fingerprint density at radius 1 is 1.15 bits per heavy atom. The van der Waals surface area contributed by atoms with Crippen LogP contribution in [0, 0.1) is 11.7 Å². The SMILES string of the molecule is CC(C)c1ccc(NC(=O)C2CN(C(=O)COc3ccccc3F)C2)cc1. The highest BCUT2D eigenvalue weighted by Gasteiger charge is 2.35. The summed E-state index contributed by atoms with van der Waals surface area (Å²) in [5.74, 6) is -0.630. The fourth-order valence-corrected chi connectivity index (χ4v) is 2.84. The van der Waals surface area contributed by atoms with Crippen LogP contribution in [-0.4, -0.2) is 36.4 Å². The normalized spacial score (nSPS) is 14.0. The van der Waals surface area contributed by atoms with Crippen molar-refractivity contribution in [2.24, 2.45) is 5.92 Å².